The van der Waals surface area contributed by atoms with Crippen LogP contribution in [0.5, 0.6) is 0 Å². The Bertz CT molecular complexity index is 928. The van der Waals surface area contributed by atoms with E-state index in [1.807, 2.05) is 13.8 Å². The van der Waals surface area contributed by atoms with Gasteiger partial charge in [0.1, 0.15) is 5.82 Å². The van der Waals surface area contributed by atoms with Crippen molar-refractivity contribution in [2.45, 2.75) is 63.6 Å². The van der Waals surface area contributed by atoms with Crippen LogP contribution in [-0.2, 0) is 14.4 Å². The number of likely N-dealkylation sites (N-methyl/N-ethyl adjacent to an activating group) is 1. The number of carbonyl (C=O) groups excluding carboxylic acids is 4. The van der Waals surface area contributed by atoms with Gasteiger partial charge in [0, 0.05) is 44.7 Å². The number of amides is 4. The van der Waals surface area contributed by atoms with Gasteiger partial charge < -0.3 is 25.8 Å². The molecule has 2 heterocycles. The van der Waals surface area contributed by atoms with Gasteiger partial charge in [-0.25, -0.2) is 4.39 Å². The third kappa shape index (κ3) is 7.24. The van der Waals surface area contributed by atoms with Crippen LogP contribution in [0, 0.1) is 5.82 Å². The second-order valence-corrected chi connectivity index (χ2v) is 9.86. The molecule has 1 spiro atoms. The Morgan fingerprint density at radius 1 is 1.11 bits per heavy atom. The first kappa shape index (κ1) is 26.6. The van der Waals surface area contributed by atoms with Crippen molar-refractivity contribution >= 4 is 23.6 Å². The van der Waals surface area contributed by atoms with Crippen molar-refractivity contribution in [3.8, 4) is 0 Å². The Labute approximate surface area is 205 Å². The van der Waals surface area contributed by atoms with Crippen LogP contribution < -0.4 is 16.0 Å². The molecule has 10 heteroatoms. The number of hydrogen-bond acceptors (Lipinski definition) is 5. The Hall–Kier alpha value is -3.01. The molecule has 4 amide bonds. The van der Waals surface area contributed by atoms with Crippen molar-refractivity contribution in [1.82, 2.24) is 25.8 Å². The van der Waals surface area contributed by atoms with Crippen molar-refractivity contribution < 1.29 is 23.6 Å². The highest BCUT2D eigenvalue weighted by atomic mass is 19.1. The Morgan fingerprint density at radius 2 is 1.77 bits per heavy atom. The SMILES string of the molecule is CC(C)N[C@H]1CCCNC(=O)CC2(CCN(C(=O)c3ccc(F)cc3)CC2)NC(=O)CN(C)C1=O. The molecule has 1 aromatic rings. The number of nitrogens with one attached hydrogen (secondary N) is 3. The zero-order valence-corrected chi connectivity index (χ0v) is 20.7. The van der Waals surface area contributed by atoms with Crippen molar-refractivity contribution in [2.75, 3.05) is 33.2 Å². The second kappa shape index (κ2) is 11.6. The maximum absolute atomic E-state index is 13.2. The zero-order valence-electron chi connectivity index (χ0n) is 20.7. The molecular formula is C25H36FN5O4. The lowest BCUT2D eigenvalue weighted by Gasteiger charge is -2.42. The number of nitrogens with zero attached hydrogens (tertiary/aromatic N) is 2. The molecule has 2 fully saturated rings. The molecule has 0 saturated carbocycles. The van der Waals surface area contributed by atoms with Crippen LogP contribution in [-0.4, -0.2) is 84.3 Å². The second-order valence-electron chi connectivity index (χ2n) is 9.86. The van der Waals surface area contributed by atoms with Gasteiger partial charge in [0.25, 0.3) is 5.91 Å². The van der Waals surface area contributed by atoms with Gasteiger partial charge in [0.05, 0.1) is 18.1 Å². The lowest BCUT2D eigenvalue weighted by Crippen LogP contribution is -2.59. The standard InChI is InChI=1S/C25H36FN5O4/c1-17(2)28-20-5-4-12-27-21(32)15-25(29-22(33)16-30(3)24(20)35)10-13-31(14-11-25)23(34)18-6-8-19(26)9-7-18/h6-9,17,20,28H,4-5,10-16H2,1-3H3,(H,27,32)(H,29,33)/t20-/m0/s1. The van der Waals surface area contributed by atoms with Crippen LogP contribution >= 0.6 is 0 Å². The summed E-state index contributed by atoms with van der Waals surface area (Å²) in [6, 6.07) is 5.06. The van der Waals surface area contributed by atoms with Gasteiger partial charge in [-0.2, -0.15) is 0 Å². The molecule has 0 aliphatic carbocycles. The highest BCUT2D eigenvalue weighted by Crippen LogP contribution is 2.27. The number of rotatable bonds is 3. The summed E-state index contributed by atoms with van der Waals surface area (Å²) in [4.78, 5) is 54.6. The summed E-state index contributed by atoms with van der Waals surface area (Å²) >= 11 is 0. The van der Waals surface area contributed by atoms with E-state index in [0.29, 0.717) is 50.9 Å². The molecule has 9 nitrogen and oxygen atoms in total. The molecular weight excluding hydrogens is 453 g/mol. The molecule has 0 unspecified atom stereocenters. The van der Waals surface area contributed by atoms with Crippen molar-refractivity contribution in [3.63, 3.8) is 0 Å². The smallest absolute Gasteiger partial charge is 0.253 e. The first-order valence-corrected chi connectivity index (χ1v) is 12.2. The third-order valence-corrected chi connectivity index (χ3v) is 6.58. The summed E-state index contributed by atoms with van der Waals surface area (Å²) < 4.78 is 13.2. The van der Waals surface area contributed by atoms with E-state index in [0.717, 1.165) is 0 Å². The Morgan fingerprint density at radius 3 is 2.40 bits per heavy atom. The average Bonchev–Trinajstić information content (AvgIpc) is 2.80. The first-order chi connectivity index (χ1) is 16.6. The van der Waals surface area contributed by atoms with Gasteiger partial charge in [0.2, 0.25) is 17.7 Å². The number of benzene rings is 1. The van der Waals surface area contributed by atoms with Crippen LogP contribution in [0.25, 0.3) is 0 Å². The van der Waals surface area contributed by atoms with Crippen molar-refractivity contribution in [1.29, 1.82) is 0 Å². The summed E-state index contributed by atoms with van der Waals surface area (Å²) in [5.41, 5.74) is -0.419. The molecule has 0 bridgehead atoms. The molecule has 3 N–H and O–H groups in total. The molecule has 2 aliphatic rings. The quantitative estimate of drug-likeness (QED) is 0.588. The predicted molar refractivity (Wildman–Crippen MR) is 129 cm³/mol. The van der Waals surface area contributed by atoms with E-state index in [2.05, 4.69) is 16.0 Å². The molecule has 1 aromatic carbocycles. The van der Waals surface area contributed by atoms with Crippen LogP contribution in [0.15, 0.2) is 24.3 Å². The maximum Gasteiger partial charge on any atom is 0.253 e. The molecule has 1 atom stereocenters. The summed E-state index contributed by atoms with van der Waals surface area (Å²) in [7, 11) is 1.61. The minimum atomic E-state index is -0.811. The summed E-state index contributed by atoms with van der Waals surface area (Å²) in [6.45, 7) is 4.93. The lowest BCUT2D eigenvalue weighted by molar-refractivity contribution is -0.137. The number of carbonyl (C=O) groups is 4. The third-order valence-electron chi connectivity index (χ3n) is 6.58. The van der Waals surface area contributed by atoms with E-state index in [1.165, 1.54) is 29.2 Å². The normalized spacial score (nSPS) is 22.2. The minimum absolute atomic E-state index is 0.0996. The van der Waals surface area contributed by atoms with E-state index in [9.17, 15) is 23.6 Å². The lowest BCUT2D eigenvalue weighted by atomic mass is 9.83. The van der Waals surface area contributed by atoms with Gasteiger partial charge in [-0.05, 0) is 49.9 Å². The van der Waals surface area contributed by atoms with Gasteiger partial charge in [-0.1, -0.05) is 13.8 Å². The van der Waals surface area contributed by atoms with Crippen LogP contribution in [0.2, 0.25) is 0 Å². The van der Waals surface area contributed by atoms with E-state index < -0.39 is 17.4 Å². The maximum atomic E-state index is 13.2. The van der Waals surface area contributed by atoms with Gasteiger partial charge in [-0.15, -0.1) is 0 Å². The van der Waals surface area contributed by atoms with E-state index in [-0.39, 0.29) is 42.6 Å². The van der Waals surface area contributed by atoms with Gasteiger partial charge >= 0.3 is 0 Å². The fourth-order valence-electron chi connectivity index (χ4n) is 4.74. The summed E-state index contributed by atoms with van der Waals surface area (Å²) in [5, 5.41) is 9.18. The van der Waals surface area contributed by atoms with Crippen LogP contribution in [0.1, 0.15) is 56.3 Å². The Kier molecular flexibility index (Phi) is 8.82. The Balaban J connectivity index is 1.71. The zero-order chi connectivity index (χ0) is 25.6. The van der Waals surface area contributed by atoms with Gasteiger partial charge in [-0.3, -0.25) is 19.2 Å². The van der Waals surface area contributed by atoms with Crippen molar-refractivity contribution in [2.24, 2.45) is 0 Å². The fraction of sp³-hybridized carbons (Fsp3) is 0.600. The summed E-state index contributed by atoms with van der Waals surface area (Å²) in [6.07, 6.45) is 2.07. The first-order valence-electron chi connectivity index (χ1n) is 12.2. The van der Waals surface area contributed by atoms with E-state index in [1.54, 1.807) is 11.9 Å². The minimum Gasteiger partial charge on any atom is -0.356 e. The topological polar surface area (TPSA) is 111 Å². The molecule has 35 heavy (non-hydrogen) atoms. The van der Waals surface area contributed by atoms with E-state index in [4.69, 9.17) is 0 Å². The monoisotopic (exact) mass is 489 g/mol. The highest BCUT2D eigenvalue weighted by Gasteiger charge is 2.39. The van der Waals surface area contributed by atoms with Crippen molar-refractivity contribution in [3.05, 3.63) is 35.6 Å². The molecule has 0 aromatic heterocycles. The predicted octanol–water partition coefficient (Wildman–Crippen LogP) is 1.04. The molecule has 192 valence electrons. The van der Waals surface area contributed by atoms with Crippen LogP contribution in [0.4, 0.5) is 4.39 Å². The number of halogens is 1. The van der Waals surface area contributed by atoms with Gasteiger partial charge in [0.15, 0.2) is 0 Å². The number of likely N-dealkylation sites (tertiary alicyclic amines) is 1. The molecule has 3 rings (SSSR count). The molecule has 2 saturated heterocycles. The largest absolute Gasteiger partial charge is 0.356 e. The van der Waals surface area contributed by atoms with Crippen LogP contribution in [0.3, 0.4) is 0 Å². The number of hydrogen-bond donors (Lipinski definition) is 3. The van der Waals surface area contributed by atoms with E-state index >= 15 is 0 Å². The average molecular weight is 490 g/mol. The fourth-order valence-corrected chi connectivity index (χ4v) is 4.74. The highest BCUT2D eigenvalue weighted by molar-refractivity contribution is 5.94. The molecule has 0 radical (unpaired) electrons. The summed E-state index contributed by atoms with van der Waals surface area (Å²) in [5.74, 6) is -1.29. The number of piperidine rings is 1. The molecule has 2 aliphatic heterocycles.